The number of nitrogens with zero attached hydrogens (tertiary/aromatic N) is 3. The minimum absolute atomic E-state index is 0.391. The molecule has 0 spiro atoms. The normalized spacial score (nSPS) is 14.1. The third-order valence-corrected chi connectivity index (χ3v) is 5.09. The van der Waals surface area contributed by atoms with Crippen molar-refractivity contribution in [3.63, 3.8) is 0 Å². The smallest absolute Gasteiger partial charge is 0.412 e. The number of nitrogens with one attached hydrogen (secondary N) is 2. The first-order valence-corrected chi connectivity index (χ1v) is 10.0. The molecule has 0 saturated carbocycles. The molecule has 1 amide bonds. The number of nitrogens with two attached hydrogens (primary N) is 1. The number of nitrogen functional groups attached to an aromatic ring is 1. The Morgan fingerprint density at radius 3 is 2.97 bits per heavy atom. The van der Waals surface area contributed by atoms with Crippen LogP contribution < -0.4 is 11.1 Å². The number of rotatable bonds is 4. The monoisotopic (exact) mass is 420 g/mol. The predicted molar refractivity (Wildman–Crippen MR) is 119 cm³/mol. The second kappa shape index (κ2) is 9.47. The lowest BCUT2D eigenvalue weighted by atomic mass is 10.0. The fraction of sp³-hybridized carbons (Fsp3) is 0.318. The van der Waals surface area contributed by atoms with Gasteiger partial charge in [-0.15, -0.1) is 0 Å². The van der Waals surface area contributed by atoms with E-state index in [1.807, 2.05) is 18.2 Å². The van der Waals surface area contributed by atoms with Gasteiger partial charge < -0.3 is 15.2 Å². The van der Waals surface area contributed by atoms with Crippen LogP contribution in [0.5, 0.6) is 0 Å². The molecule has 9 nitrogen and oxygen atoms in total. The van der Waals surface area contributed by atoms with E-state index >= 15 is 0 Å². The summed E-state index contributed by atoms with van der Waals surface area (Å²) in [6.07, 6.45) is 1.81. The van der Waals surface area contributed by atoms with Crippen molar-refractivity contribution in [2.75, 3.05) is 51.0 Å². The van der Waals surface area contributed by atoms with E-state index in [2.05, 4.69) is 42.0 Å². The molecule has 1 saturated heterocycles. The first kappa shape index (κ1) is 20.7. The zero-order valence-electron chi connectivity index (χ0n) is 17.3. The largest absolute Gasteiger partial charge is 0.453 e. The number of carbonyl (C=O) groups is 1. The summed E-state index contributed by atoms with van der Waals surface area (Å²) in [6, 6.07) is 7.56. The summed E-state index contributed by atoms with van der Waals surface area (Å²) < 4.78 is 10.0. The summed E-state index contributed by atoms with van der Waals surface area (Å²) in [5.41, 5.74) is 9.45. The van der Waals surface area contributed by atoms with Crippen molar-refractivity contribution in [1.29, 1.82) is 0 Å². The summed E-state index contributed by atoms with van der Waals surface area (Å²) in [6.45, 7) is 4.37. The van der Waals surface area contributed by atoms with Crippen molar-refractivity contribution in [3.05, 3.63) is 36.0 Å². The van der Waals surface area contributed by atoms with Crippen molar-refractivity contribution in [2.24, 2.45) is 0 Å². The zero-order valence-corrected chi connectivity index (χ0v) is 17.3. The van der Waals surface area contributed by atoms with Gasteiger partial charge in [0.05, 0.1) is 31.4 Å². The second-order valence-electron chi connectivity index (χ2n) is 7.11. The van der Waals surface area contributed by atoms with Crippen LogP contribution in [0.15, 0.2) is 30.5 Å². The van der Waals surface area contributed by atoms with E-state index in [1.165, 1.54) is 7.11 Å². The number of anilines is 2. The fourth-order valence-electron chi connectivity index (χ4n) is 3.44. The van der Waals surface area contributed by atoms with Crippen LogP contribution in [-0.2, 0) is 9.47 Å². The van der Waals surface area contributed by atoms with Gasteiger partial charge in [-0.3, -0.25) is 15.3 Å². The molecule has 9 heteroatoms. The van der Waals surface area contributed by atoms with E-state index in [-0.39, 0.29) is 0 Å². The molecule has 1 aliphatic heterocycles. The number of fused-ring (bicyclic) bond motifs is 1. The van der Waals surface area contributed by atoms with Gasteiger partial charge in [-0.2, -0.15) is 5.10 Å². The van der Waals surface area contributed by atoms with E-state index in [1.54, 1.807) is 12.3 Å². The Balaban J connectivity index is 1.61. The number of pyridine rings is 1. The SMILES string of the molecule is COC(=O)Nc1cc(-c2cc(C#CCCN3CCOCC3)c3[nH]nc(N)c3c2)ccn1. The number of aromatic amines is 1. The van der Waals surface area contributed by atoms with Gasteiger partial charge in [0.15, 0.2) is 5.82 Å². The maximum Gasteiger partial charge on any atom is 0.412 e. The van der Waals surface area contributed by atoms with Crippen LogP contribution in [0.25, 0.3) is 22.0 Å². The van der Waals surface area contributed by atoms with Crippen molar-refractivity contribution in [1.82, 2.24) is 20.1 Å². The predicted octanol–water partition coefficient (Wildman–Crippen LogP) is 2.46. The number of amides is 1. The van der Waals surface area contributed by atoms with Gasteiger partial charge in [-0.05, 0) is 35.4 Å². The van der Waals surface area contributed by atoms with E-state index < -0.39 is 6.09 Å². The van der Waals surface area contributed by atoms with Gasteiger partial charge in [-0.25, -0.2) is 9.78 Å². The Kier molecular flexibility index (Phi) is 6.31. The number of hydrogen-bond acceptors (Lipinski definition) is 7. The van der Waals surface area contributed by atoms with Gasteiger partial charge in [0, 0.05) is 37.6 Å². The van der Waals surface area contributed by atoms with Crippen LogP contribution >= 0.6 is 0 Å². The Labute approximate surface area is 179 Å². The third-order valence-electron chi connectivity index (χ3n) is 5.09. The summed E-state index contributed by atoms with van der Waals surface area (Å²) >= 11 is 0. The van der Waals surface area contributed by atoms with E-state index in [4.69, 9.17) is 10.5 Å². The van der Waals surface area contributed by atoms with Crippen molar-refractivity contribution in [2.45, 2.75) is 6.42 Å². The molecule has 0 bridgehead atoms. The maximum absolute atomic E-state index is 11.5. The number of ether oxygens (including phenoxy) is 2. The Morgan fingerprint density at radius 1 is 1.32 bits per heavy atom. The molecular weight excluding hydrogens is 396 g/mol. The topological polar surface area (TPSA) is 118 Å². The van der Waals surface area contributed by atoms with E-state index in [9.17, 15) is 4.79 Å². The molecular formula is C22H24N6O3. The molecule has 4 N–H and O–H groups in total. The molecule has 2 aromatic heterocycles. The molecule has 1 aromatic carbocycles. The van der Waals surface area contributed by atoms with Crippen LogP contribution in [0.2, 0.25) is 0 Å². The average Bonchev–Trinajstić information content (AvgIpc) is 3.18. The average molecular weight is 420 g/mol. The number of H-pyrrole nitrogens is 1. The lowest BCUT2D eigenvalue weighted by Crippen LogP contribution is -2.36. The van der Waals surface area contributed by atoms with Crippen LogP contribution in [0, 0.1) is 11.8 Å². The lowest BCUT2D eigenvalue weighted by molar-refractivity contribution is 0.0390. The third kappa shape index (κ3) is 4.94. The molecule has 1 fully saturated rings. The molecule has 160 valence electrons. The van der Waals surface area contributed by atoms with Crippen LogP contribution in [0.1, 0.15) is 12.0 Å². The van der Waals surface area contributed by atoms with Crippen molar-refractivity contribution >= 4 is 28.6 Å². The first-order valence-electron chi connectivity index (χ1n) is 10.0. The van der Waals surface area contributed by atoms with E-state index in [0.717, 1.165) is 66.9 Å². The maximum atomic E-state index is 11.5. The van der Waals surface area contributed by atoms with Gasteiger partial charge >= 0.3 is 6.09 Å². The number of morpholine rings is 1. The number of carbonyl (C=O) groups excluding carboxylic acids is 1. The number of hydrogen-bond donors (Lipinski definition) is 3. The highest BCUT2D eigenvalue weighted by atomic mass is 16.5. The Morgan fingerprint density at radius 2 is 2.16 bits per heavy atom. The van der Waals surface area contributed by atoms with Gasteiger partial charge in [-0.1, -0.05) is 11.8 Å². The standard InChI is InChI=1S/C22H24N6O3/c1-30-22(29)25-19-14-15(5-6-24-19)17-12-16(20-18(13-17)21(23)27-26-20)4-2-3-7-28-8-10-31-11-9-28/h5-6,12-14H,3,7-11H2,1H3,(H3,23,26,27)(H,24,25,29). The van der Waals surface area contributed by atoms with Crippen molar-refractivity contribution < 1.29 is 14.3 Å². The minimum atomic E-state index is -0.578. The molecule has 1 aliphatic rings. The molecule has 3 heterocycles. The van der Waals surface area contributed by atoms with Crippen LogP contribution in [0.3, 0.4) is 0 Å². The number of benzene rings is 1. The van der Waals surface area contributed by atoms with Gasteiger partial charge in [0.2, 0.25) is 0 Å². The molecule has 3 aromatic rings. The Hall–Kier alpha value is -3.61. The van der Waals surface area contributed by atoms with E-state index in [0.29, 0.717) is 11.6 Å². The highest BCUT2D eigenvalue weighted by Gasteiger charge is 2.12. The van der Waals surface area contributed by atoms with Crippen LogP contribution in [0.4, 0.5) is 16.4 Å². The molecule has 0 aliphatic carbocycles. The number of aromatic nitrogens is 3. The molecule has 0 radical (unpaired) electrons. The van der Waals surface area contributed by atoms with Crippen LogP contribution in [-0.4, -0.2) is 66.1 Å². The Bertz CT molecular complexity index is 1140. The quantitative estimate of drug-likeness (QED) is 0.555. The molecule has 31 heavy (non-hydrogen) atoms. The molecule has 0 atom stereocenters. The highest BCUT2D eigenvalue weighted by molar-refractivity contribution is 5.96. The van der Waals surface area contributed by atoms with Gasteiger partial charge in [0.25, 0.3) is 0 Å². The fourth-order valence-corrected chi connectivity index (χ4v) is 3.44. The van der Waals surface area contributed by atoms with Crippen molar-refractivity contribution in [3.8, 4) is 23.0 Å². The van der Waals surface area contributed by atoms with Gasteiger partial charge in [0.1, 0.15) is 5.82 Å². The summed E-state index contributed by atoms with van der Waals surface area (Å²) in [5, 5.41) is 10.5. The first-order chi connectivity index (χ1) is 15.1. The zero-order chi connectivity index (χ0) is 21.6. The summed E-state index contributed by atoms with van der Waals surface area (Å²) in [4.78, 5) is 18.0. The molecule has 4 rings (SSSR count). The number of methoxy groups -OCH3 is 1. The molecule has 0 unspecified atom stereocenters. The second-order valence-corrected chi connectivity index (χ2v) is 7.11. The summed E-state index contributed by atoms with van der Waals surface area (Å²) in [7, 11) is 1.30. The minimum Gasteiger partial charge on any atom is -0.453 e. The highest BCUT2D eigenvalue weighted by Crippen LogP contribution is 2.30. The lowest BCUT2D eigenvalue weighted by Gasteiger charge is -2.25. The summed E-state index contributed by atoms with van der Waals surface area (Å²) in [5.74, 6) is 7.34.